The van der Waals surface area contributed by atoms with Gasteiger partial charge in [-0.25, -0.2) is 0 Å². The van der Waals surface area contributed by atoms with E-state index in [0.29, 0.717) is 15.7 Å². The lowest BCUT2D eigenvalue weighted by Gasteiger charge is -2.42. The Balaban J connectivity index is 1.36. The minimum absolute atomic E-state index is 0.0593. The lowest BCUT2D eigenvalue weighted by molar-refractivity contribution is -0.149. The van der Waals surface area contributed by atoms with Crippen LogP contribution in [0.25, 0.3) is 0 Å². The van der Waals surface area contributed by atoms with Crippen molar-refractivity contribution in [2.75, 3.05) is 5.32 Å². The number of fused-ring (bicyclic) bond motifs is 1. The maximum Gasteiger partial charge on any atom is 0.246 e. The van der Waals surface area contributed by atoms with E-state index in [9.17, 15) is 14.4 Å². The van der Waals surface area contributed by atoms with Gasteiger partial charge in [-0.2, -0.15) is 0 Å². The summed E-state index contributed by atoms with van der Waals surface area (Å²) in [6.07, 6.45) is 13.1. The van der Waals surface area contributed by atoms with Gasteiger partial charge in [-0.05, 0) is 56.7 Å². The SMILES string of the molecule is C[C@@H]1CCCC[C@@H]1N1C(=O)[C@@H]2[C@@H](C(=O)Nc3ccc(Cl)c(Cl)c3)[C@]3(C)C=C[C@@]2(O3)[C@H]1C(=O)NC1CCCCC1. The van der Waals surface area contributed by atoms with Crippen molar-refractivity contribution in [2.24, 2.45) is 17.8 Å². The van der Waals surface area contributed by atoms with Crippen LogP contribution in [0.15, 0.2) is 30.4 Å². The molecule has 7 nitrogen and oxygen atoms in total. The fraction of sp³-hybridized carbons (Fsp3) is 0.633. The summed E-state index contributed by atoms with van der Waals surface area (Å²) in [5.41, 5.74) is -1.69. The Morgan fingerprint density at radius 3 is 2.41 bits per heavy atom. The molecular weight excluding hydrogens is 537 g/mol. The summed E-state index contributed by atoms with van der Waals surface area (Å²) >= 11 is 12.3. The molecule has 39 heavy (non-hydrogen) atoms. The molecule has 9 heteroatoms. The maximum absolute atomic E-state index is 14.4. The van der Waals surface area contributed by atoms with Gasteiger partial charge < -0.3 is 20.3 Å². The van der Waals surface area contributed by atoms with Gasteiger partial charge in [-0.1, -0.05) is 74.4 Å². The number of carbonyl (C=O) groups excluding carboxylic acids is 3. The second-order valence-corrected chi connectivity index (χ2v) is 13.2. The molecule has 2 saturated carbocycles. The van der Waals surface area contributed by atoms with Gasteiger partial charge in [0.1, 0.15) is 11.6 Å². The van der Waals surface area contributed by atoms with Crippen molar-refractivity contribution in [3.8, 4) is 0 Å². The molecule has 2 N–H and O–H groups in total. The number of halogens is 2. The minimum atomic E-state index is -1.18. The molecule has 210 valence electrons. The molecule has 1 spiro atoms. The Labute approximate surface area is 240 Å². The van der Waals surface area contributed by atoms with E-state index in [-0.39, 0.29) is 35.7 Å². The molecular formula is C30H37Cl2N3O4. The first kappa shape index (κ1) is 27.1. The average molecular weight is 575 g/mol. The van der Waals surface area contributed by atoms with E-state index in [1.807, 2.05) is 24.0 Å². The molecule has 1 aromatic carbocycles. The molecule has 0 unspecified atom stereocenters. The van der Waals surface area contributed by atoms with Crippen LogP contribution in [0.3, 0.4) is 0 Å². The van der Waals surface area contributed by atoms with E-state index in [1.165, 1.54) is 6.42 Å². The summed E-state index contributed by atoms with van der Waals surface area (Å²) < 4.78 is 6.69. The largest absolute Gasteiger partial charge is 0.356 e. The second-order valence-electron chi connectivity index (χ2n) is 12.4. The van der Waals surface area contributed by atoms with E-state index in [1.54, 1.807) is 18.2 Å². The van der Waals surface area contributed by atoms with Crippen LogP contribution in [-0.4, -0.2) is 51.9 Å². The van der Waals surface area contributed by atoms with Crippen molar-refractivity contribution in [1.82, 2.24) is 10.2 Å². The number of rotatable bonds is 5. The van der Waals surface area contributed by atoms with Crippen molar-refractivity contribution in [1.29, 1.82) is 0 Å². The topological polar surface area (TPSA) is 87.7 Å². The van der Waals surface area contributed by atoms with Gasteiger partial charge >= 0.3 is 0 Å². The lowest BCUT2D eigenvalue weighted by Crippen LogP contribution is -2.59. The normalized spacial score (nSPS) is 37.7. The van der Waals surface area contributed by atoms with Crippen LogP contribution in [0.5, 0.6) is 0 Å². The number of likely N-dealkylation sites (tertiary alicyclic amines) is 1. The van der Waals surface area contributed by atoms with Crippen molar-refractivity contribution < 1.29 is 19.1 Å². The highest BCUT2D eigenvalue weighted by atomic mass is 35.5. The second kappa shape index (κ2) is 10.1. The van der Waals surface area contributed by atoms with Gasteiger partial charge in [0, 0.05) is 17.8 Å². The highest BCUT2D eigenvalue weighted by Crippen LogP contribution is 2.60. The summed E-state index contributed by atoms with van der Waals surface area (Å²) in [7, 11) is 0. The summed E-state index contributed by atoms with van der Waals surface area (Å²) in [6, 6.07) is 4.14. The van der Waals surface area contributed by atoms with E-state index in [4.69, 9.17) is 27.9 Å². The summed E-state index contributed by atoms with van der Waals surface area (Å²) in [5, 5.41) is 6.95. The van der Waals surface area contributed by atoms with Gasteiger partial charge in [0.05, 0.1) is 27.5 Å². The van der Waals surface area contributed by atoms with Gasteiger partial charge in [0.15, 0.2) is 0 Å². The molecule has 3 aliphatic heterocycles. The molecule has 0 radical (unpaired) electrons. The standard InChI is InChI=1S/C30H37Cl2N3O4/c1-17-8-6-7-11-22(17)35-25(27(37)33-18-9-4-3-5-10-18)30-15-14-29(2,39-30)23(24(30)28(35)38)26(36)34-19-12-13-20(31)21(32)16-19/h12-18,22-25H,3-11H2,1-2H3,(H,33,37)(H,34,36)/t17-,22+,23+,24+,25-,29+,30+/m1/s1. The summed E-state index contributed by atoms with van der Waals surface area (Å²) in [5.74, 6) is -1.95. The molecule has 3 heterocycles. The highest BCUT2D eigenvalue weighted by Gasteiger charge is 2.76. The zero-order chi connectivity index (χ0) is 27.5. The van der Waals surface area contributed by atoms with Crippen molar-refractivity contribution >= 4 is 46.6 Å². The Hall–Kier alpha value is -2.09. The zero-order valence-electron chi connectivity index (χ0n) is 22.6. The van der Waals surface area contributed by atoms with E-state index in [0.717, 1.165) is 51.4 Å². The van der Waals surface area contributed by atoms with Crippen LogP contribution < -0.4 is 10.6 Å². The van der Waals surface area contributed by atoms with Gasteiger partial charge in [-0.15, -0.1) is 0 Å². The Kier molecular flexibility index (Phi) is 7.00. The first-order valence-corrected chi connectivity index (χ1v) is 15.2. The summed E-state index contributed by atoms with van der Waals surface area (Å²) in [4.78, 5) is 44.3. The van der Waals surface area contributed by atoms with Gasteiger partial charge in [-0.3, -0.25) is 14.4 Å². The molecule has 2 bridgehead atoms. The predicted molar refractivity (Wildman–Crippen MR) is 151 cm³/mol. The van der Waals surface area contributed by atoms with Crippen LogP contribution in [0, 0.1) is 17.8 Å². The monoisotopic (exact) mass is 573 g/mol. The number of hydrogen-bond donors (Lipinski definition) is 2. The quantitative estimate of drug-likeness (QED) is 0.455. The number of benzene rings is 1. The number of ether oxygens (including phenoxy) is 1. The minimum Gasteiger partial charge on any atom is -0.356 e. The third-order valence-electron chi connectivity index (χ3n) is 9.83. The lowest BCUT2D eigenvalue weighted by atomic mass is 9.70. The van der Waals surface area contributed by atoms with Crippen LogP contribution in [0.1, 0.15) is 71.6 Å². The third-order valence-corrected chi connectivity index (χ3v) is 10.6. The molecule has 6 rings (SSSR count). The Morgan fingerprint density at radius 1 is 0.974 bits per heavy atom. The zero-order valence-corrected chi connectivity index (χ0v) is 24.1. The first-order valence-electron chi connectivity index (χ1n) is 14.4. The Morgan fingerprint density at radius 2 is 1.69 bits per heavy atom. The maximum atomic E-state index is 14.4. The first-order chi connectivity index (χ1) is 18.6. The van der Waals surface area contributed by atoms with E-state index >= 15 is 0 Å². The van der Waals surface area contributed by atoms with E-state index < -0.39 is 29.1 Å². The number of anilines is 1. The number of hydrogen-bond acceptors (Lipinski definition) is 4. The average Bonchev–Trinajstić information content (AvgIpc) is 3.48. The number of carbonyl (C=O) groups is 3. The molecule has 2 aliphatic carbocycles. The van der Waals surface area contributed by atoms with Crippen LogP contribution in [0.4, 0.5) is 5.69 Å². The highest BCUT2D eigenvalue weighted by molar-refractivity contribution is 6.42. The molecule has 0 aromatic heterocycles. The molecule has 1 aromatic rings. The van der Waals surface area contributed by atoms with Crippen LogP contribution in [0.2, 0.25) is 10.0 Å². The fourth-order valence-electron chi connectivity index (χ4n) is 7.96. The third kappa shape index (κ3) is 4.40. The number of amides is 3. The van der Waals surface area contributed by atoms with Crippen LogP contribution >= 0.6 is 23.2 Å². The van der Waals surface area contributed by atoms with Crippen LogP contribution in [-0.2, 0) is 19.1 Å². The molecule has 5 aliphatic rings. The van der Waals surface area contributed by atoms with Gasteiger partial charge in [0.25, 0.3) is 0 Å². The van der Waals surface area contributed by atoms with Gasteiger partial charge in [0.2, 0.25) is 17.7 Å². The molecule has 3 amide bonds. The summed E-state index contributed by atoms with van der Waals surface area (Å²) in [6.45, 7) is 4.01. The molecule has 4 fully saturated rings. The van der Waals surface area contributed by atoms with Crippen molar-refractivity contribution in [3.63, 3.8) is 0 Å². The predicted octanol–water partition coefficient (Wildman–Crippen LogP) is 5.50. The van der Waals surface area contributed by atoms with Crippen molar-refractivity contribution in [2.45, 2.75) is 101 Å². The Bertz CT molecular complexity index is 1220. The number of nitrogens with zero attached hydrogens (tertiary/aromatic N) is 1. The molecule has 7 atom stereocenters. The molecule has 2 saturated heterocycles. The smallest absolute Gasteiger partial charge is 0.246 e. The fourth-order valence-corrected chi connectivity index (χ4v) is 8.25. The number of nitrogens with one attached hydrogen (secondary N) is 2. The van der Waals surface area contributed by atoms with E-state index in [2.05, 4.69) is 17.6 Å². The van der Waals surface area contributed by atoms with Crippen molar-refractivity contribution in [3.05, 3.63) is 40.4 Å².